The van der Waals surface area contributed by atoms with E-state index in [4.69, 9.17) is 23.7 Å². The number of likely N-dealkylation sites (N-methyl/N-ethyl adjacent to an activating group) is 1. The van der Waals surface area contributed by atoms with Crippen molar-refractivity contribution in [3.8, 4) is 5.75 Å². The van der Waals surface area contributed by atoms with E-state index < -0.39 is 71.7 Å². The lowest BCUT2D eigenvalue weighted by molar-refractivity contribution is -0.184. The predicted molar refractivity (Wildman–Crippen MR) is 166 cm³/mol. The van der Waals surface area contributed by atoms with E-state index in [2.05, 4.69) is 4.90 Å². The van der Waals surface area contributed by atoms with Gasteiger partial charge in [-0.05, 0) is 45.0 Å². The first-order chi connectivity index (χ1) is 23.3. The molecule has 7 atom stereocenters. The highest BCUT2D eigenvalue weighted by Crippen LogP contribution is 2.64. The van der Waals surface area contributed by atoms with Crippen LogP contribution >= 0.6 is 0 Å². The molecule has 4 aliphatic rings. The van der Waals surface area contributed by atoms with E-state index in [1.165, 1.54) is 12.1 Å². The van der Waals surface area contributed by atoms with E-state index >= 15 is 0 Å². The van der Waals surface area contributed by atoms with Gasteiger partial charge in [0.25, 0.3) is 0 Å². The number of benzene rings is 2. The smallest absolute Gasteiger partial charge is 0.349 e. The first-order valence-electron chi connectivity index (χ1n) is 15.9. The molecule has 0 amide bonds. The summed E-state index contributed by atoms with van der Waals surface area (Å²) >= 11 is 0. The van der Waals surface area contributed by atoms with Crippen LogP contribution in [-0.4, -0.2) is 93.6 Å². The van der Waals surface area contributed by atoms with Crippen molar-refractivity contribution in [2.24, 2.45) is 0 Å². The van der Waals surface area contributed by atoms with Gasteiger partial charge in [0.1, 0.15) is 11.5 Å². The van der Waals surface area contributed by atoms with Crippen molar-refractivity contribution < 1.29 is 63.0 Å². The standard InChI is InChI=1S/C35H37NO13/c1-18(32(42)49-29(31(40)41)20-7-5-4-6-8-20)45-33(43)24(46-19(2)38)16-26(39)47-23-11-12-35(44)25-15-21-9-10-22(17-37)28-27(21)34(35,30(23)48-28)13-14-36(25)3/h4-11,18,24-25,29-30,37,44H,12-17H2,1-3H3,(H,40,41)/t18-,24-,25+,29-,30-,34-,35+/m0/s1. The van der Waals surface area contributed by atoms with Crippen LogP contribution in [0.2, 0.25) is 0 Å². The Labute approximate surface area is 281 Å². The zero-order valence-electron chi connectivity index (χ0n) is 27.1. The molecule has 2 aliphatic heterocycles. The van der Waals surface area contributed by atoms with Crippen LogP contribution in [0.4, 0.5) is 0 Å². The third-order valence-corrected chi connectivity index (χ3v) is 9.97. The van der Waals surface area contributed by atoms with Crippen molar-refractivity contribution in [1.29, 1.82) is 0 Å². The SMILES string of the molecule is CC(=O)O[C@@H](CC(=O)OC1=CC[C@@]2(O)[C@H]3Cc4ccc(CO)c5c4[C@@]2(CCN3C)[C@H]1O5)C(=O)O[C@@H](C)C(=O)O[C@H](C(=O)O)c1ccccc1. The normalized spacial score (nSPS) is 26.5. The largest absolute Gasteiger partial charge is 0.481 e. The van der Waals surface area contributed by atoms with Gasteiger partial charge in [-0.25, -0.2) is 14.4 Å². The number of aliphatic hydroxyl groups excluding tert-OH is 1. The van der Waals surface area contributed by atoms with Crippen LogP contribution < -0.4 is 4.74 Å². The van der Waals surface area contributed by atoms with Gasteiger partial charge in [0.15, 0.2) is 12.2 Å². The van der Waals surface area contributed by atoms with Gasteiger partial charge in [0.2, 0.25) is 12.2 Å². The fraction of sp³-hybridized carbons (Fsp3) is 0.457. The molecule has 0 saturated carbocycles. The first kappa shape index (κ1) is 34.1. The fourth-order valence-corrected chi connectivity index (χ4v) is 7.73. The summed E-state index contributed by atoms with van der Waals surface area (Å²) in [6.45, 7) is 2.50. The van der Waals surface area contributed by atoms with Crippen LogP contribution in [0.3, 0.4) is 0 Å². The zero-order chi connectivity index (χ0) is 35.2. The van der Waals surface area contributed by atoms with Gasteiger partial charge in [-0.2, -0.15) is 0 Å². The Morgan fingerprint density at radius 3 is 2.45 bits per heavy atom. The molecule has 1 saturated heterocycles. The number of nitrogens with zero attached hydrogens (tertiary/aromatic N) is 1. The second-order valence-corrected chi connectivity index (χ2v) is 12.8. The molecular formula is C35H37NO13. The molecule has 6 rings (SSSR count). The summed E-state index contributed by atoms with van der Waals surface area (Å²) in [5.41, 5.74) is 0.267. The third-order valence-electron chi connectivity index (χ3n) is 9.97. The monoisotopic (exact) mass is 679 g/mol. The number of piperidine rings is 1. The quantitative estimate of drug-likeness (QED) is 0.229. The molecule has 0 aromatic heterocycles. The van der Waals surface area contributed by atoms with Crippen molar-refractivity contribution in [2.75, 3.05) is 13.6 Å². The van der Waals surface area contributed by atoms with Gasteiger partial charge in [-0.1, -0.05) is 42.5 Å². The minimum atomic E-state index is -1.82. The summed E-state index contributed by atoms with van der Waals surface area (Å²) in [5.74, 6) is -5.23. The highest BCUT2D eigenvalue weighted by molar-refractivity contribution is 5.87. The Bertz CT molecular complexity index is 1720. The number of aliphatic hydroxyl groups is 2. The number of carboxylic acids is 1. The molecule has 2 aromatic carbocycles. The molecule has 49 heavy (non-hydrogen) atoms. The molecule has 2 bridgehead atoms. The van der Waals surface area contributed by atoms with E-state index in [0.29, 0.717) is 30.7 Å². The van der Waals surface area contributed by atoms with Gasteiger partial charge in [0.05, 0.1) is 24.0 Å². The van der Waals surface area contributed by atoms with Gasteiger partial charge < -0.3 is 43.9 Å². The van der Waals surface area contributed by atoms with Crippen molar-refractivity contribution in [1.82, 2.24) is 4.90 Å². The number of esters is 4. The van der Waals surface area contributed by atoms with Crippen molar-refractivity contribution in [3.05, 3.63) is 76.6 Å². The maximum absolute atomic E-state index is 13.4. The highest BCUT2D eigenvalue weighted by atomic mass is 16.6. The van der Waals surface area contributed by atoms with E-state index in [-0.39, 0.29) is 30.4 Å². The van der Waals surface area contributed by atoms with E-state index in [1.54, 1.807) is 30.3 Å². The number of carboxylic acid groups (broad SMARTS) is 1. The van der Waals surface area contributed by atoms with Crippen LogP contribution in [0, 0.1) is 0 Å². The van der Waals surface area contributed by atoms with Gasteiger partial charge >= 0.3 is 29.8 Å². The second kappa shape index (κ2) is 12.9. The number of carbonyl (C=O) groups is 5. The van der Waals surface area contributed by atoms with E-state index in [1.807, 2.05) is 13.1 Å². The lowest BCUT2D eigenvalue weighted by Crippen LogP contribution is -2.74. The van der Waals surface area contributed by atoms with Crippen LogP contribution in [0.1, 0.15) is 61.5 Å². The fourth-order valence-electron chi connectivity index (χ4n) is 7.73. The second-order valence-electron chi connectivity index (χ2n) is 12.8. The molecule has 260 valence electrons. The summed E-state index contributed by atoms with van der Waals surface area (Å²) in [4.78, 5) is 64.9. The topological polar surface area (TPSA) is 195 Å². The number of aliphatic carboxylic acids is 1. The molecule has 1 fully saturated rings. The van der Waals surface area contributed by atoms with Gasteiger partial charge in [-0.15, -0.1) is 0 Å². The Hall–Kier alpha value is -4.79. The minimum absolute atomic E-state index is 0.110. The summed E-state index contributed by atoms with van der Waals surface area (Å²) < 4.78 is 27.5. The minimum Gasteiger partial charge on any atom is -0.481 e. The number of hydrogen-bond acceptors (Lipinski definition) is 13. The Kier molecular flexibility index (Phi) is 8.98. The Balaban J connectivity index is 1.18. The van der Waals surface area contributed by atoms with Crippen LogP contribution in [0.25, 0.3) is 0 Å². The Morgan fingerprint density at radius 2 is 1.78 bits per heavy atom. The van der Waals surface area contributed by atoms with Gasteiger partial charge in [0, 0.05) is 36.1 Å². The van der Waals surface area contributed by atoms with Crippen molar-refractivity contribution in [2.45, 2.75) is 87.6 Å². The number of carbonyl (C=O) groups excluding carboxylic acids is 4. The first-order valence-corrected chi connectivity index (χ1v) is 15.9. The molecule has 14 nitrogen and oxygen atoms in total. The van der Waals surface area contributed by atoms with Crippen LogP contribution in [0.5, 0.6) is 5.75 Å². The summed E-state index contributed by atoms with van der Waals surface area (Å²) in [5, 5.41) is 32.0. The molecule has 2 aliphatic carbocycles. The number of rotatable bonds is 11. The molecule has 2 aromatic rings. The maximum atomic E-state index is 13.4. The van der Waals surface area contributed by atoms with Crippen molar-refractivity contribution in [3.63, 3.8) is 0 Å². The van der Waals surface area contributed by atoms with E-state index in [9.17, 15) is 39.3 Å². The number of hydrogen-bond donors (Lipinski definition) is 3. The van der Waals surface area contributed by atoms with Crippen molar-refractivity contribution >= 4 is 29.8 Å². The molecule has 2 heterocycles. The number of likely N-dealkylation sites (tertiary alicyclic amines) is 1. The lowest BCUT2D eigenvalue weighted by atomic mass is 9.50. The summed E-state index contributed by atoms with van der Waals surface area (Å²) in [7, 11) is 1.95. The summed E-state index contributed by atoms with van der Waals surface area (Å²) in [6.07, 6.45) is -4.06. The van der Waals surface area contributed by atoms with E-state index in [0.717, 1.165) is 25.0 Å². The molecule has 3 N–H and O–H groups in total. The van der Waals surface area contributed by atoms with Crippen LogP contribution in [-0.2, 0) is 61.4 Å². The molecule has 14 heteroatoms. The molecule has 0 unspecified atom stereocenters. The number of ether oxygens (including phenoxy) is 5. The average molecular weight is 680 g/mol. The maximum Gasteiger partial charge on any atom is 0.349 e. The molecule has 1 spiro atoms. The molecule has 0 radical (unpaired) electrons. The lowest BCUT2D eigenvalue weighted by Gasteiger charge is -2.61. The highest BCUT2D eigenvalue weighted by Gasteiger charge is 2.72. The van der Waals surface area contributed by atoms with Gasteiger partial charge in [-0.3, -0.25) is 9.59 Å². The van der Waals surface area contributed by atoms with Crippen LogP contribution in [0.15, 0.2) is 54.3 Å². The average Bonchev–Trinajstić information content (AvgIpc) is 3.42. The predicted octanol–water partition coefficient (Wildman–Crippen LogP) is 1.62. The summed E-state index contributed by atoms with van der Waals surface area (Å²) in [6, 6.07) is 11.2. The zero-order valence-corrected chi connectivity index (χ0v) is 27.1. The Morgan fingerprint density at radius 1 is 1.04 bits per heavy atom. The molecular weight excluding hydrogens is 642 g/mol. The third kappa shape index (κ3) is 5.73.